The van der Waals surface area contributed by atoms with Gasteiger partial charge in [-0.05, 0) is 91.2 Å². The number of carbonyl (C=O) groups is 3. The first-order chi connectivity index (χ1) is 18.7. The minimum atomic E-state index is -0.373. The molecule has 1 saturated heterocycles. The first-order valence-corrected chi connectivity index (χ1v) is 13.2. The Hall–Kier alpha value is -4.24. The average molecular weight is 547 g/mol. The molecule has 0 aromatic heterocycles. The lowest BCUT2D eigenvalue weighted by atomic mass is 10.1. The van der Waals surface area contributed by atoms with Gasteiger partial charge in [-0.3, -0.25) is 19.3 Å². The molecule has 1 N–H and O–H groups in total. The molecule has 0 bridgehead atoms. The van der Waals surface area contributed by atoms with Crippen LogP contribution in [0.4, 0.5) is 10.5 Å². The second-order valence-corrected chi connectivity index (χ2v) is 10.1. The maximum absolute atomic E-state index is 12.9. The number of thioether (sulfide) groups is 1. The molecule has 3 aromatic carbocycles. The molecule has 0 saturated carbocycles. The first kappa shape index (κ1) is 27.8. The molecule has 202 valence electrons. The molecule has 8 nitrogen and oxygen atoms in total. The number of rotatable bonds is 10. The molecule has 0 spiro atoms. The van der Waals surface area contributed by atoms with E-state index >= 15 is 0 Å². The van der Waals surface area contributed by atoms with Crippen LogP contribution in [0.25, 0.3) is 6.08 Å². The van der Waals surface area contributed by atoms with Crippen LogP contribution in [0.2, 0.25) is 0 Å². The van der Waals surface area contributed by atoms with Gasteiger partial charge in [-0.15, -0.1) is 0 Å². The smallest absolute Gasteiger partial charge is 0.293 e. The quantitative estimate of drug-likeness (QED) is 0.324. The van der Waals surface area contributed by atoms with E-state index in [9.17, 15) is 14.4 Å². The summed E-state index contributed by atoms with van der Waals surface area (Å²) in [7, 11) is 1.49. The summed E-state index contributed by atoms with van der Waals surface area (Å²) in [5.74, 6) is 0.835. The lowest BCUT2D eigenvalue weighted by Gasteiger charge is -2.14. The van der Waals surface area contributed by atoms with Gasteiger partial charge in [0.1, 0.15) is 12.4 Å². The summed E-state index contributed by atoms with van der Waals surface area (Å²) < 4.78 is 16.9. The zero-order chi connectivity index (χ0) is 27.9. The van der Waals surface area contributed by atoms with Crippen molar-refractivity contribution in [3.8, 4) is 17.2 Å². The van der Waals surface area contributed by atoms with Crippen LogP contribution in [0.3, 0.4) is 0 Å². The second kappa shape index (κ2) is 12.5. The van der Waals surface area contributed by atoms with E-state index in [4.69, 9.17) is 14.2 Å². The van der Waals surface area contributed by atoms with Gasteiger partial charge in [-0.25, -0.2) is 0 Å². The van der Waals surface area contributed by atoms with Crippen LogP contribution in [0.15, 0.2) is 65.6 Å². The number of benzene rings is 3. The highest BCUT2D eigenvalue weighted by molar-refractivity contribution is 8.18. The van der Waals surface area contributed by atoms with E-state index in [1.165, 1.54) is 12.0 Å². The van der Waals surface area contributed by atoms with E-state index in [-0.39, 0.29) is 36.8 Å². The Kier molecular flexibility index (Phi) is 8.93. The van der Waals surface area contributed by atoms with Gasteiger partial charge >= 0.3 is 0 Å². The third-order valence-corrected chi connectivity index (χ3v) is 6.84. The third-order valence-electron chi connectivity index (χ3n) is 5.94. The molecule has 1 aliphatic rings. The minimum Gasteiger partial charge on any atom is -0.493 e. The Bertz CT molecular complexity index is 1430. The van der Waals surface area contributed by atoms with Crippen molar-refractivity contribution < 1.29 is 28.6 Å². The molecule has 0 unspecified atom stereocenters. The Labute approximate surface area is 231 Å². The molecule has 3 amide bonds. The topological polar surface area (TPSA) is 94.2 Å². The maximum atomic E-state index is 12.9. The Balaban J connectivity index is 1.36. The van der Waals surface area contributed by atoms with Crippen molar-refractivity contribution in [1.82, 2.24) is 4.90 Å². The summed E-state index contributed by atoms with van der Waals surface area (Å²) >= 11 is 0.880. The van der Waals surface area contributed by atoms with Crippen LogP contribution in [0.1, 0.15) is 22.3 Å². The van der Waals surface area contributed by atoms with E-state index in [1.807, 2.05) is 57.2 Å². The van der Waals surface area contributed by atoms with Crippen molar-refractivity contribution >= 4 is 40.6 Å². The maximum Gasteiger partial charge on any atom is 0.293 e. The van der Waals surface area contributed by atoms with E-state index in [1.54, 1.807) is 30.3 Å². The standard InChI is InChI=1S/C30H30N2O6S/c1-19-6-5-7-23(14-19)31-28(33)18-38-24-11-10-22(16-26(24)36-4)17-27-29(34)32(30(35)39-27)12-13-37-25-15-20(2)8-9-21(25)3/h5-11,14-17H,12-13,18H2,1-4H3,(H,31,33)/b27-17-. The Morgan fingerprint density at radius 1 is 0.923 bits per heavy atom. The van der Waals surface area contributed by atoms with E-state index in [0.29, 0.717) is 27.7 Å². The number of hydrogen-bond acceptors (Lipinski definition) is 7. The molecule has 1 aliphatic heterocycles. The number of carbonyl (C=O) groups excluding carboxylic acids is 3. The van der Waals surface area contributed by atoms with Crippen molar-refractivity contribution in [2.45, 2.75) is 20.8 Å². The molecule has 3 aromatic rings. The number of nitrogens with one attached hydrogen (secondary N) is 1. The molecule has 39 heavy (non-hydrogen) atoms. The largest absolute Gasteiger partial charge is 0.493 e. The van der Waals surface area contributed by atoms with Crippen LogP contribution in [-0.2, 0) is 9.59 Å². The fourth-order valence-corrected chi connectivity index (χ4v) is 4.78. The van der Waals surface area contributed by atoms with E-state index in [0.717, 1.165) is 34.2 Å². The molecule has 1 heterocycles. The Morgan fingerprint density at radius 2 is 1.72 bits per heavy atom. The SMILES string of the molecule is COc1cc(/C=C2\SC(=O)N(CCOc3cc(C)ccc3C)C2=O)ccc1OCC(=O)Nc1cccc(C)c1. The monoisotopic (exact) mass is 546 g/mol. The highest BCUT2D eigenvalue weighted by Gasteiger charge is 2.34. The van der Waals surface area contributed by atoms with Gasteiger partial charge in [0.15, 0.2) is 18.1 Å². The molecule has 0 radical (unpaired) electrons. The summed E-state index contributed by atoms with van der Waals surface area (Å²) in [6.45, 7) is 6.02. The summed E-state index contributed by atoms with van der Waals surface area (Å²) in [5, 5.41) is 2.45. The van der Waals surface area contributed by atoms with Crippen LogP contribution in [-0.4, -0.2) is 48.8 Å². The molecule has 1 fully saturated rings. The van der Waals surface area contributed by atoms with E-state index < -0.39 is 0 Å². The number of ether oxygens (including phenoxy) is 3. The average Bonchev–Trinajstić information content (AvgIpc) is 3.17. The van der Waals surface area contributed by atoms with E-state index in [2.05, 4.69) is 5.32 Å². The molecular formula is C30H30N2O6S. The number of hydrogen-bond donors (Lipinski definition) is 1. The third kappa shape index (κ3) is 7.20. The van der Waals surface area contributed by atoms with Gasteiger partial charge < -0.3 is 19.5 Å². The number of imide groups is 1. The minimum absolute atomic E-state index is 0.149. The number of methoxy groups -OCH3 is 1. The summed E-state index contributed by atoms with van der Waals surface area (Å²) in [6.07, 6.45) is 1.63. The zero-order valence-electron chi connectivity index (χ0n) is 22.3. The van der Waals surface area contributed by atoms with Gasteiger partial charge in [-0.2, -0.15) is 0 Å². The number of nitrogens with zero attached hydrogens (tertiary/aromatic N) is 1. The predicted molar refractivity (Wildman–Crippen MR) is 152 cm³/mol. The van der Waals surface area contributed by atoms with Crippen molar-refractivity contribution in [3.05, 3.63) is 87.8 Å². The zero-order valence-corrected chi connectivity index (χ0v) is 23.1. The van der Waals surface area contributed by atoms with Gasteiger partial charge in [0.2, 0.25) is 0 Å². The van der Waals surface area contributed by atoms with Crippen molar-refractivity contribution in [3.63, 3.8) is 0 Å². The molecular weight excluding hydrogens is 516 g/mol. The summed E-state index contributed by atoms with van der Waals surface area (Å²) in [4.78, 5) is 39.2. The van der Waals surface area contributed by atoms with Crippen molar-refractivity contribution in [1.29, 1.82) is 0 Å². The normalized spacial score (nSPS) is 14.1. The van der Waals surface area contributed by atoms with Gasteiger partial charge in [0.05, 0.1) is 18.6 Å². The van der Waals surface area contributed by atoms with Crippen LogP contribution >= 0.6 is 11.8 Å². The highest BCUT2D eigenvalue weighted by Crippen LogP contribution is 2.34. The fourth-order valence-electron chi connectivity index (χ4n) is 3.91. The fraction of sp³-hybridized carbons (Fsp3) is 0.233. The second-order valence-electron chi connectivity index (χ2n) is 9.07. The lowest BCUT2D eigenvalue weighted by molar-refractivity contribution is -0.123. The predicted octanol–water partition coefficient (Wildman–Crippen LogP) is 5.75. The lowest BCUT2D eigenvalue weighted by Crippen LogP contribution is -2.32. The first-order valence-electron chi connectivity index (χ1n) is 12.4. The van der Waals surface area contributed by atoms with Gasteiger partial charge in [0, 0.05) is 5.69 Å². The van der Waals surface area contributed by atoms with Crippen LogP contribution < -0.4 is 19.5 Å². The molecule has 9 heteroatoms. The number of amides is 3. The van der Waals surface area contributed by atoms with Gasteiger partial charge in [-0.1, -0.05) is 30.3 Å². The molecule has 0 aliphatic carbocycles. The summed E-state index contributed by atoms with van der Waals surface area (Å²) in [6, 6.07) is 18.5. The van der Waals surface area contributed by atoms with Crippen molar-refractivity contribution in [2.24, 2.45) is 0 Å². The summed E-state index contributed by atoms with van der Waals surface area (Å²) in [5.41, 5.74) is 4.44. The number of anilines is 1. The van der Waals surface area contributed by atoms with Crippen molar-refractivity contribution in [2.75, 3.05) is 32.2 Å². The molecule has 0 atom stereocenters. The van der Waals surface area contributed by atoms with Crippen LogP contribution in [0, 0.1) is 20.8 Å². The Morgan fingerprint density at radius 3 is 2.49 bits per heavy atom. The number of aryl methyl sites for hydroxylation is 3. The van der Waals surface area contributed by atoms with Crippen LogP contribution in [0.5, 0.6) is 17.2 Å². The highest BCUT2D eigenvalue weighted by atomic mass is 32.2. The molecule has 4 rings (SSSR count). The van der Waals surface area contributed by atoms with Gasteiger partial charge in [0.25, 0.3) is 17.1 Å².